The highest BCUT2D eigenvalue weighted by atomic mass is 127. The van der Waals surface area contributed by atoms with Gasteiger partial charge in [-0.3, -0.25) is 14.9 Å². The fourth-order valence-corrected chi connectivity index (χ4v) is 3.95. The fourth-order valence-electron chi connectivity index (χ4n) is 3.95. The van der Waals surface area contributed by atoms with Crippen LogP contribution >= 0.6 is 24.0 Å². The number of benzene rings is 2. The number of unbranched alkanes of at least 4 members (excludes halogenated alkanes) is 2. The summed E-state index contributed by atoms with van der Waals surface area (Å²) in [5.41, 5.74) is 2.83. The van der Waals surface area contributed by atoms with Gasteiger partial charge in [0.2, 0.25) is 0 Å². The van der Waals surface area contributed by atoms with Crippen molar-refractivity contribution in [3.8, 4) is 5.75 Å². The third-order valence-electron chi connectivity index (χ3n) is 5.98. The summed E-state index contributed by atoms with van der Waals surface area (Å²) >= 11 is 0. The lowest BCUT2D eigenvalue weighted by Gasteiger charge is -2.31. The normalized spacial score (nSPS) is 16.5. The minimum absolute atomic E-state index is 0. The van der Waals surface area contributed by atoms with Gasteiger partial charge in [-0.15, -0.1) is 24.0 Å². The maximum Gasteiger partial charge on any atom is 0.311 e. The molecular formula is C23H29IN2O4. The van der Waals surface area contributed by atoms with Gasteiger partial charge >= 0.3 is 5.97 Å². The van der Waals surface area contributed by atoms with E-state index >= 15 is 0 Å². The standard InChI is InChI=1S/C23H28N2O4.HI/c1-17-23(2,3)20-9-6-7-10-21(20)24(17)16-8-4-5-11-22(26)29-19-14-12-18(13-15-19)25(27)28;/h6-7,9-10,12-15,17H,4-5,8,11,16H2,1-3H3;1H. The molecule has 3 rings (SSSR count). The number of rotatable bonds is 8. The van der Waals surface area contributed by atoms with Crippen molar-refractivity contribution in [2.24, 2.45) is 0 Å². The van der Waals surface area contributed by atoms with Crippen LogP contribution < -0.4 is 9.64 Å². The van der Waals surface area contributed by atoms with Gasteiger partial charge in [0.15, 0.2) is 0 Å². The summed E-state index contributed by atoms with van der Waals surface area (Å²) in [5.74, 6) is 0.0326. The number of fused-ring (bicyclic) bond motifs is 1. The van der Waals surface area contributed by atoms with Crippen LogP contribution in [0.4, 0.5) is 11.4 Å². The summed E-state index contributed by atoms with van der Waals surface area (Å²) in [5, 5.41) is 10.7. The van der Waals surface area contributed by atoms with Crippen molar-refractivity contribution in [1.82, 2.24) is 0 Å². The van der Waals surface area contributed by atoms with Crippen LogP contribution in [0.5, 0.6) is 5.75 Å². The number of nitrogens with zero attached hydrogens (tertiary/aromatic N) is 2. The monoisotopic (exact) mass is 524 g/mol. The van der Waals surface area contributed by atoms with Crippen LogP contribution in [-0.4, -0.2) is 23.5 Å². The van der Waals surface area contributed by atoms with E-state index in [0.29, 0.717) is 18.2 Å². The third kappa shape index (κ3) is 5.30. The average Bonchev–Trinajstić information content (AvgIpc) is 2.89. The minimum atomic E-state index is -0.480. The molecule has 0 aromatic heterocycles. The predicted molar refractivity (Wildman–Crippen MR) is 129 cm³/mol. The van der Waals surface area contributed by atoms with Crippen LogP contribution in [0.1, 0.15) is 52.0 Å². The Morgan fingerprint density at radius 1 is 1.10 bits per heavy atom. The molecule has 0 aliphatic carbocycles. The summed E-state index contributed by atoms with van der Waals surface area (Å²) in [4.78, 5) is 24.6. The molecule has 1 unspecified atom stereocenters. The van der Waals surface area contributed by atoms with Crippen molar-refractivity contribution >= 4 is 41.3 Å². The largest absolute Gasteiger partial charge is 0.427 e. The molecule has 162 valence electrons. The van der Waals surface area contributed by atoms with Crippen molar-refractivity contribution in [1.29, 1.82) is 0 Å². The highest BCUT2D eigenvalue weighted by molar-refractivity contribution is 14.0. The first-order valence-electron chi connectivity index (χ1n) is 10.1. The van der Waals surface area contributed by atoms with Gasteiger partial charge in [-0.2, -0.15) is 0 Å². The van der Waals surface area contributed by atoms with E-state index in [2.05, 4.69) is 49.9 Å². The maximum atomic E-state index is 12.0. The van der Waals surface area contributed by atoms with Gasteiger partial charge in [0, 0.05) is 42.2 Å². The molecule has 2 aromatic carbocycles. The second-order valence-electron chi connectivity index (χ2n) is 8.14. The molecule has 0 saturated heterocycles. The number of hydrogen-bond acceptors (Lipinski definition) is 5. The summed E-state index contributed by atoms with van der Waals surface area (Å²) in [7, 11) is 0. The lowest BCUT2D eigenvalue weighted by molar-refractivity contribution is -0.384. The second-order valence-corrected chi connectivity index (χ2v) is 8.14. The number of non-ortho nitro benzene ring substituents is 1. The number of hydrogen-bond donors (Lipinski definition) is 0. The lowest BCUT2D eigenvalue weighted by Crippen LogP contribution is -2.39. The van der Waals surface area contributed by atoms with Gasteiger partial charge < -0.3 is 9.64 Å². The number of nitro benzene ring substituents is 1. The number of esters is 1. The molecule has 6 nitrogen and oxygen atoms in total. The highest BCUT2D eigenvalue weighted by Crippen LogP contribution is 2.44. The van der Waals surface area contributed by atoms with E-state index in [-0.39, 0.29) is 41.0 Å². The molecule has 1 aliphatic rings. The van der Waals surface area contributed by atoms with Crippen LogP contribution in [0, 0.1) is 10.1 Å². The predicted octanol–water partition coefficient (Wildman–Crippen LogP) is 5.86. The summed E-state index contributed by atoms with van der Waals surface area (Å²) in [6.07, 6.45) is 3.06. The van der Waals surface area contributed by atoms with Crippen molar-refractivity contribution in [3.05, 3.63) is 64.2 Å². The maximum absolute atomic E-state index is 12.0. The number of carbonyl (C=O) groups excluding carboxylic acids is 1. The van der Waals surface area contributed by atoms with Crippen molar-refractivity contribution < 1.29 is 14.5 Å². The number of ether oxygens (including phenoxy) is 1. The zero-order valence-corrected chi connectivity index (χ0v) is 20.0. The van der Waals surface area contributed by atoms with Gasteiger partial charge in [0.05, 0.1) is 4.92 Å². The van der Waals surface area contributed by atoms with Gasteiger partial charge in [-0.05, 0) is 43.5 Å². The van der Waals surface area contributed by atoms with Crippen molar-refractivity contribution in [2.45, 2.75) is 57.9 Å². The Morgan fingerprint density at radius 3 is 2.43 bits per heavy atom. The number of anilines is 1. The first kappa shape index (κ1) is 24.1. The molecule has 0 fully saturated rings. The lowest BCUT2D eigenvalue weighted by atomic mass is 9.81. The smallest absolute Gasteiger partial charge is 0.311 e. The molecule has 1 aliphatic heterocycles. The van der Waals surface area contributed by atoms with Gasteiger partial charge in [-0.25, -0.2) is 0 Å². The Kier molecular flexibility index (Phi) is 8.23. The minimum Gasteiger partial charge on any atom is -0.427 e. The topological polar surface area (TPSA) is 72.7 Å². The zero-order chi connectivity index (χ0) is 21.0. The van der Waals surface area contributed by atoms with Crippen LogP contribution in [-0.2, 0) is 10.2 Å². The highest BCUT2D eigenvalue weighted by Gasteiger charge is 2.40. The van der Waals surface area contributed by atoms with Gasteiger partial charge in [0.1, 0.15) is 5.75 Å². The fraction of sp³-hybridized carbons (Fsp3) is 0.435. The van der Waals surface area contributed by atoms with Crippen LogP contribution in [0.3, 0.4) is 0 Å². The molecule has 1 heterocycles. The zero-order valence-electron chi connectivity index (χ0n) is 17.7. The summed E-state index contributed by atoms with van der Waals surface area (Å²) in [6, 6.07) is 14.6. The Morgan fingerprint density at radius 2 is 1.77 bits per heavy atom. The Hall–Kier alpha value is -2.16. The molecule has 30 heavy (non-hydrogen) atoms. The molecule has 0 spiro atoms. The first-order chi connectivity index (χ1) is 13.8. The summed E-state index contributed by atoms with van der Waals surface area (Å²) in [6.45, 7) is 7.84. The Balaban J connectivity index is 0.00000320. The molecule has 0 saturated carbocycles. The van der Waals surface area contributed by atoms with E-state index in [0.717, 1.165) is 25.8 Å². The van der Waals surface area contributed by atoms with Crippen molar-refractivity contribution in [3.63, 3.8) is 0 Å². The molecular weight excluding hydrogens is 495 g/mol. The van der Waals surface area contributed by atoms with E-state index in [1.807, 2.05) is 0 Å². The second kappa shape index (κ2) is 10.2. The summed E-state index contributed by atoms with van der Waals surface area (Å²) < 4.78 is 5.25. The molecule has 0 bridgehead atoms. The number of halogens is 1. The average molecular weight is 524 g/mol. The SMILES string of the molecule is CC1N(CCCCCC(=O)Oc2ccc([N+](=O)[O-])cc2)c2ccccc2C1(C)C.I. The Labute approximate surface area is 194 Å². The van der Waals surface area contributed by atoms with E-state index in [1.165, 1.54) is 35.5 Å². The molecule has 2 aromatic rings. The molecule has 1 atom stereocenters. The van der Waals surface area contributed by atoms with Crippen molar-refractivity contribution in [2.75, 3.05) is 11.4 Å². The molecule has 0 N–H and O–H groups in total. The van der Waals surface area contributed by atoms with E-state index in [4.69, 9.17) is 4.74 Å². The quantitative estimate of drug-likeness (QED) is 0.108. The van der Waals surface area contributed by atoms with E-state index in [9.17, 15) is 14.9 Å². The Bertz CT molecular complexity index is 883. The van der Waals surface area contributed by atoms with E-state index < -0.39 is 4.92 Å². The third-order valence-corrected chi connectivity index (χ3v) is 5.98. The number of carbonyl (C=O) groups is 1. The first-order valence-corrected chi connectivity index (χ1v) is 10.1. The number of nitro groups is 1. The van der Waals surface area contributed by atoms with E-state index in [1.54, 1.807) is 0 Å². The van der Waals surface area contributed by atoms with Gasteiger partial charge in [0.25, 0.3) is 5.69 Å². The van der Waals surface area contributed by atoms with Gasteiger partial charge in [-0.1, -0.05) is 38.5 Å². The van der Waals surface area contributed by atoms with Crippen LogP contribution in [0.25, 0.3) is 0 Å². The molecule has 0 radical (unpaired) electrons. The van der Waals surface area contributed by atoms with Crippen LogP contribution in [0.15, 0.2) is 48.5 Å². The van der Waals surface area contributed by atoms with Crippen LogP contribution in [0.2, 0.25) is 0 Å². The molecule has 0 amide bonds. The molecule has 7 heteroatoms. The number of para-hydroxylation sites is 1.